The van der Waals surface area contributed by atoms with Gasteiger partial charge in [-0.05, 0) is 43.7 Å². The molecule has 1 aromatic carbocycles. The summed E-state index contributed by atoms with van der Waals surface area (Å²) in [6, 6.07) is 9.17. The summed E-state index contributed by atoms with van der Waals surface area (Å²) >= 11 is 0. The van der Waals surface area contributed by atoms with Crippen molar-refractivity contribution in [2.45, 2.75) is 25.8 Å². The summed E-state index contributed by atoms with van der Waals surface area (Å²) in [7, 11) is 0. The van der Waals surface area contributed by atoms with E-state index in [2.05, 4.69) is 10.6 Å². The number of benzene rings is 1. The quantitative estimate of drug-likeness (QED) is 0.877. The van der Waals surface area contributed by atoms with Crippen LogP contribution in [0.3, 0.4) is 0 Å². The van der Waals surface area contributed by atoms with Crippen LogP contribution in [-0.4, -0.2) is 12.1 Å². The number of amides is 2. The van der Waals surface area contributed by atoms with Gasteiger partial charge in [0.2, 0.25) is 0 Å². The maximum atomic E-state index is 13.0. The fourth-order valence-electron chi connectivity index (χ4n) is 1.84. The number of nitrogens with one attached hydrogen (secondary N) is 2. The monoisotopic (exact) mass is 276 g/mol. The van der Waals surface area contributed by atoms with Crippen molar-refractivity contribution in [3.05, 3.63) is 54.2 Å². The summed E-state index contributed by atoms with van der Waals surface area (Å²) < 4.78 is 18.2. The molecule has 0 fully saturated rings. The van der Waals surface area contributed by atoms with Crippen LogP contribution in [0, 0.1) is 5.82 Å². The lowest BCUT2D eigenvalue weighted by Crippen LogP contribution is -2.36. The maximum Gasteiger partial charge on any atom is 0.319 e. The Morgan fingerprint density at radius 1 is 1.35 bits per heavy atom. The predicted molar refractivity (Wildman–Crippen MR) is 75.0 cm³/mol. The molecular formula is C15H17FN2O2. The van der Waals surface area contributed by atoms with E-state index in [9.17, 15) is 9.18 Å². The van der Waals surface area contributed by atoms with Crippen LogP contribution in [-0.2, 0) is 6.42 Å². The second-order valence-electron chi connectivity index (χ2n) is 4.63. The SMILES string of the molecule is C[C@@H](CCc1ccco1)NC(=O)Nc1cccc(F)c1. The Kier molecular flexibility index (Phi) is 4.76. The van der Waals surface area contributed by atoms with Gasteiger partial charge in [-0.25, -0.2) is 9.18 Å². The molecule has 1 aromatic heterocycles. The minimum absolute atomic E-state index is 0.00587. The number of hydrogen-bond donors (Lipinski definition) is 2. The van der Waals surface area contributed by atoms with E-state index >= 15 is 0 Å². The fraction of sp³-hybridized carbons (Fsp3) is 0.267. The summed E-state index contributed by atoms with van der Waals surface area (Å²) in [4.78, 5) is 11.7. The van der Waals surface area contributed by atoms with Gasteiger partial charge in [0.15, 0.2) is 0 Å². The molecule has 1 heterocycles. The van der Waals surface area contributed by atoms with Gasteiger partial charge in [0.25, 0.3) is 0 Å². The smallest absolute Gasteiger partial charge is 0.319 e. The fourth-order valence-corrected chi connectivity index (χ4v) is 1.84. The van der Waals surface area contributed by atoms with Crippen LogP contribution in [0.5, 0.6) is 0 Å². The molecule has 0 saturated carbocycles. The molecule has 5 heteroatoms. The van der Waals surface area contributed by atoms with Crippen molar-refractivity contribution >= 4 is 11.7 Å². The lowest BCUT2D eigenvalue weighted by Gasteiger charge is -2.14. The van der Waals surface area contributed by atoms with Gasteiger partial charge < -0.3 is 15.1 Å². The molecule has 4 nitrogen and oxygen atoms in total. The molecule has 2 amide bonds. The van der Waals surface area contributed by atoms with Crippen LogP contribution in [0.2, 0.25) is 0 Å². The molecule has 0 aliphatic heterocycles. The van der Waals surface area contributed by atoms with E-state index in [1.54, 1.807) is 18.4 Å². The Labute approximate surface area is 117 Å². The first-order chi connectivity index (χ1) is 9.63. The number of halogens is 1. The zero-order valence-electron chi connectivity index (χ0n) is 11.2. The van der Waals surface area contributed by atoms with Gasteiger partial charge in [-0.3, -0.25) is 0 Å². The minimum atomic E-state index is -0.381. The van der Waals surface area contributed by atoms with Crippen molar-refractivity contribution in [3.8, 4) is 0 Å². The lowest BCUT2D eigenvalue weighted by molar-refractivity contribution is 0.248. The third kappa shape index (κ3) is 4.42. The van der Waals surface area contributed by atoms with E-state index in [-0.39, 0.29) is 17.9 Å². The zero-order chi connectivity index (χ0) is 14.4. The summed E-state index contributed by atoms with van der Waals surface area (Å²) in [6.07, 6.45) is 3.16. The van der Waals surface area contributed by atoms with E-state index < -0.39 is 0 Å². The topological polar surface area (TPSA) is 54.3 Å². The molecule has 0 bridgehead atoms. The largest absolute Gasteiger partial charge is 0.469 e. The second kappa shape index (κ2) is 6.75. The third-order valence-corrected chi connectivity index (χ3v) is 2.86. The van der Waals surface area contributed by atoms with E-state index in [1.165, 1.54) is 12.1 Å². The molecule has 2 N–H and O–H groups in total. The molecule has 0 radical (unpaired) electrons. The molecule has 0 unspecified atom stereocenters. The van der Waals surface area contributed by atoms with Crippen molar-refractivity contribution in [2.24, 2.45) is 0 Å². The van der Waals surface area contributed by atoms with Crippen molar-refractivity contribution in [1.82, 2.24) is 5.32 Å². The number of carbonyl (C=O) groups is 1. The summed E-state index contributed by atoms with van der Waals surface area (Å²) in [5, 5.41) is 5.39. The first-order valence-corrected chi connectivity index (χ1v) is 6.49. The van der Waals surface area contributed by atoms with E-state index in [4.69, 9.17) is 4.42 Å². The average molecular weight is 276 g/mol. The van der Waals surface area contributed by atoms with Crippen molar-refractivity contribution in [1.29, 1.82) is 0 Å². The highest BCUT2D eigenvalue weighted by molar-refractivity contribution is 5.89. The Morgan fingerprint density at radius 3 is 2.90 bits per heavy atom. The number of rotatable bonds is 5. The summed E-state index contributed by atoms with van der Waals surface area (Å²) in [5.74, 6) is 0.512. The number of furan rings is 1. The molecule has 2 rings (SSSR count). The van der Waals surface area contributed by atoms with Gasteiger partial charge in [0.1, 0.15) is 11.6 Å². The first kappa shape index (κ1) is 14.1. The van der Waals surface area contributed by atoms with E-state index in [0.717, 1.165) is 18.6 Å². The molecule has 0 aliphatic rings. The molecule has 0 aliphatic carbocycles. The molecule has 0 spiro atoms. The van der Waals surface area contributed by atoms with Gasteiger partial charge in [-0.15, -0.1) is 0 Å². The second-order valence-corrected chi connectivity index (χ2v) is 4.63. The highest BCUT2D eigenvalue weighted by atomic mass is 19.1. The Hall–Kier alpha value is -2.30. The first-order valence-electron chi connectivity index (χ1n) is 6.49. The zero-order valence-corrected chi connectivity index (χ0v) is 11.2. The maximum absolute atomic E-state index is 13.0. The Bertz CT molecular complexity index is 555. The number of carbonyl (C=O) groups excluding carboxylic acids is 1. The highest BCUT2D eigenvalue weighted by Gasteiger charge is 2.08. The highest BCUT2D eigenvalue weighted by Crippen LogP contribution is 2.09. The van der Waals surface area contributed by atoms with Crippen LogP contribution in [0.15, 0.2) is 47.1 Å². The van der Waals surface area contributed by atoms with Crippen LogP contribution >= 0.6 is 0 Å². The predicted octanol–water partition coefficient (Wildman–Crippen LogP) is 3.56. The Balaban J connectivity index is 1.76. The van der Waals surface area contributed by atoms with E-state index in [0.29, 0.717) is 5.69 Å². The van der Waals surface area contributed by atoms with Gasteiger partial charge in [-0.2, -0.15) is 0 Å². The van der Waals surface area contributed by atoms with Crippen LogP contribution in [0.4, 0.5) is 14.9 Å². The van der Waals surface area contributed by atoms with Gasteiger partial charge >= 0.3 is 6.03 Å². The van der Waals surface area contributed by atoms with Crippen LogP contribution in [0.25, 0.3) is 0 Å². The molecule has 106 valence electrons. The lowest BCUT2D eigenvalue weighted by atomic mass is 10.1. The van der Waals surface area contributed by atoms with Crippen LogP contribution in [0.1, 0.15) is 19.1 Å². The molecular weight excluding hydrogens is 259 g/mol. The third-order valence-electron chi connectivity index (χ3n) is 2.86. The van der Waals surface area contributed by atoms with E-state index in [1.807, 2.05) is 19.1 Å². The number of aryl methyl sites for hydroxylation is 1. The molecule has 20 heavy (non-hydrogen) atoms. The molecule has 2 aromatic rings. The van der Waals surface area contributed by atoms with Crippen molar-refractivity contribution in [2.75, 3.05) is 5.32 Å². The average Bonchev–Trinajstić information content (AvgIpc) is 2.89. The standard InChI is InChI=1S/C15H17FN2O2/c1-11(7-8-14-6-3-9-20-14)17-15(19)18-13-5-2-4-12(16)10-13/h2-6,9-11H,7-8H2,1H3,(H2,17,18,19)/t11-/m0/s1. The molecule has 1 atom stereocenters. The minimum Gasteiger partial charge on any atom is -0.469 e. The van der Waals surface area contributed by atoms with Crippen molar-refractivity contribution in [3.63, 3.8) is 0 Å². The normalized spacial score (nSPS) is 11.9. The van der Waals surface area contributed by atoms with Crippen LogP contribution < -0.4 is 10.6 Å². The summed E-state index contributed by atoms with van der Waals surface area (Å²) in [5.41, 5.74) is 0.431. The molecule has 0 saturated heterocycles. The van der Waals surface area contributed by atoms with Gasteiger partial charge in [-0.1, -0.05) is 6.07 Å². The van der Waals surface area contributed by atoms with Gasteiger partial charge in [0, 0.05) is 18.2 Å². The summed E-state index contributed by atoms with van der Waals surface area (Å²) in [6.45, 7) is 1.91. The number of urea groups is 1. The Morgan fingerprint density at radius 2 is 2.20 bits per heavy atom. The number of anilines is 1. The number of hydrogen-bond acceptors (Lipinski definition) is 2. The van der Waals surface area contributed by atoms with Gasteiger partial charge in [0.05, 0.1) is 6.26 Å². The van der Waals surface area contributed by atoms with Crippen molar-refractivity contribution < 1.29 is 13.6 Å².